The zero-order valence-electron chi connectivity index (χ0n) is 14.9. The second-order valence-electron chi connectivity index (χ2n) is 6.82. The van der Waals surface area contributed by atoms with Crippen molar-refractivity contribution < 1.29 is 19.2 Å². The average Bonchev–Trinajstić information content (AvgIpc) is 2.67. The fourth-order valence-electron chi connectivity index (χ4n) is 4.42. The van der Waals surface area contributed by atoms with Crippen molar-refractivity contribution in [2.45, 2.75) is 38.1 Å². The molecular weight excluding hydrogens is 336 g/mol. The zero-order valence-corrected chi connectivity index (χ0v) is 14.9. The van der Waals surface area contributed by atoms with Crippen LogP contribution in [0.25, 0.3) is 0 Å². The van der Waals surface area contributed by atoms with Gasteiger partial charge < -0.3 is 4.74 Å². The van der Waals surface area contributed by atoms with Gasteiger partial charge in [0.05, 0.1) is 24.0 Å². The Morgan fingerprint density at radius 3 is 2.81 bits per heavy atom. The first-order chi connectivity index (χ1) is 12.4. The molecule has 1 amide bonds. The van der Waals surface area contributed by atoms with Crippen LogP contribution in [0.1, 0.15) is 37.7 Å². The maximum Gasteiger partial charge on any atom is 0.410 e. The van der Waals surface area contributed by atoms with Crippen molar-refractivity contribution in [1.82, 2.24) is 4.90 Å². The summed E-state index contributed by atoms with van der Waals surface area (Å²) in [6, 6.07) is 5.82. The van der Waals surface area contributed by atoms with Crippen molar-refractivity contribution in [3.63, 3.8) is 0 Å². The Hall–Kier alpha value is -2.70. The molecule has 0 saturated heterocycles. The zero-order chi connectivity index (χ0) is 18.9. The summed E-state index contributed by atoms with van der Waals surface area (Å²) in [4.78, 5) is 37.9. The van der Waals surface area contributed by atoms with Gasteiger partial charge in [0.15, 0.2) is 0 Å². The lowest BCUT2D eigenvalue weighted by Gasteiger charge is -2.51. The molecule has 2 aliphatic rings. The van der Waals surface area contributed by atoms with Gasteiger partial charge in [-0.15, -0.1) is 0 Å². The van der Waals surface area contributed by atoms with Crippen LogP contribution >= 0.6 is 0 Å². The summed E-state index contributed by atoms with van der Waals surface area (Å²) in [6.07, 6.45) is 5.16. The van der Waals surface area contributed by atoms with E-state index in [0.717, 1.165) is 6.42 Å². The van der Waals surface area contributed by atoms with Crippen LogP contribution in [-0.2, 0) is 9.53 Å². The minimum absolute atomic E-state index is 0.0717. The summed E-state index contributed by atoms with van der Waals surface area (Å²) in [5.74, 6) is -0.813. The molecular formula is C19H22N2O5. The number of rotatable bonds is 3. The average molecular weight is 358 g/mol. The van der Waals surface area contributed by atoms with Gasteiger partial charge in [-0.3, -0.25) is 19.8 Å². The molecule has 1 aliphatic carbocycles. The number of methoxy groups -OCH3 is 1. The monoisotopic (exact) mass is 358 g/mol. The molecule has 7 nitrogen and oxygen atoms in total. The highest BCUT2D eigenvalue weighted by atomic mass is 16.6. The maximum absolute atomic E-state index is 12.9. The molecule has 1 aromatic rings. The van der Waals surface area contributed by atoms with Crippen molar-refractivity contribution in [1.29, 1.82) is 0 Å². The first-order valence-electron chi connectivity index (χ1n) is 8.73. The summed E-state index contributed by atoms with van der Waals surface area (Å²) in [7, 11) is 1.30. The third-order valence-electron chi connectivity index (χ3n) is 5.71. The Morgan fingerprint density at radius 2 is 2.15 bits per heavy atom. The van der Waals surface area contributed by atoms with E-state index in [1.165, 1.54) is 13.2 Å². The van der Waals surface area contributed by atoms with Crippen LogP contribution in [0.4, 0.5) is 10.5 Å². The lowest BCUT2D eigenvalue weighted by atomic mass is 9.60. The summed E-state index contributed by atoms with van der Waals surface area (Å²) < 4.78 is 4.93. The fourth-order valence-corrected chi connectivity index (χ4v) is 4.42. The van der Waals surface area contributed by atoms with Crippen LogP contribution < -0.4 is 0 Å². The van der Waals surface area contributed by atoms with E-state index in [1.54, 1.807) is 23.1 Å². The molecule has 1 aliphatic heterocycles. The number of fused-ring (bicyclic) bond motifs is 1. The standard InChI is InChI=1S/C19H22N2O5/c1-3-19-10-6-12-20(18(23)26-2)17(19)16(15(22)9-11-19)13-7-4-5-8-14(13)21(24)25/h4-8,10,16-17H,3,9,11-12H2,1-2H3/t16?,17-,19+/m1/s1. The number of carbonyl (C=O) groups excluding carboxylic acids is 2. The second kappa shape index (κ2) is 6.90. The van der Waals surface area contributed by atoms with Crippen LogP contribution in [-0.4, -0.2) is 41.4 Å². The number of carbonyl (C=O) groups is 2. The Bertz CT molecular complexity index is 775. The molecule has 1 heterocycles. The molecule has 1 unspecified atom stereocenters. The van der Waals surface area contributed by atoms with Gasteiger partial charge in [0.2, 0.25) is 0 Å². The third-order valence-corrected chi connectivity index (χ3v) is 5.71. The van der Waals surface area contributed by atoms with Crippen LogP contribution in [0.2, 0.25) is 0 Å². The highest BCUT2D eigenvalue weighted by molar-refractivity contribution is 5.90. The fraction of sp³-hybridized carbons (Fsp3) is 0.474. The van der Waals surface area contributed by atoms with Crippen LogP contribution in [0, 0.1) is 15.5 Å². The van der Waals surface area contributed by atoms with Crippen molar-refractivity contribution in [3.05, 3.63) is 52.1 Å². The van der Waals surface area contributed by atoms with Crippen LogP contribution in [0.15, 0.2) is 36.4 Å². The van der Waals surface area contributed by atoms with Crippen LogP contribution in [0.3, 0.4) is 0 Å². The smallest absolute Gasteiger partial charge is 0.410 e. The van der Waals surface area contributed by atoms with E-state index in [-0.39, 0.29) is 11.5 Å². The number of benzene rings is 1. The number of ether oxygens (including phenoxy) is 1. The molecule has 3 atom stereocenters. The minimum Gasteiger partial charge on any atom is -0.453 e. The summed E-state index contributed by atoms with van der Waals surface area (Å²) in [5, 5.41) is 11.5. The third kappa shape index (κ3) is 2.77. The van der Waals surface area contributed by atoms with Gasteiger partial charge in [0.25, 0.3) is 5.69 Å². The number of Topliss-reactive ketones (excluding diaryl/α,β-unsaturated/α-hetero) is 1. The minimum atomic E-state index is -0.741. The first-order valence-corrected chi connectivity index (χ1v) is 8.73. The number of para-hydroxylation sites is 1. The summed E-state index contributed by atoms with van der Waals surface area (Å²) in [5.41, 5.74) is -0.110. The Kier molecular flexibility index (Phi) is 4.80. The number of nitro groups is 1. The van der Waals surface area contributed by atoms with Gasteiger partial charge in [-0.25, -0.2) is 4.79 Å². The van der Waals surface area contributed by atoms with Crippen molar-refractivity contribution >= 4 is 17.6 Å². The molecule has 7 heteroatoms. The predicted octanol–water partition coefficient (Wildman–Crippen LogP) is 3.44. The maximum atomic E-state index is 12.9. The molecule has 1 aromatic carbocycles. The Morgan fingerprint density at radius 1 is 1.42 bits per heavy atom. The highest BCUT2D eigenvalue weighted by Crippen LogP contribution is 2.51. The van der Waals surface area contributed by atoms with Gasteiger partial charge in [-0.1, -0.05) is 37.3 Å². The molecule has 0 spiro atoms. The predicted molar refractivity (Wildman–Crippen MR) is 94.8 cm³/mol. The van der Waals surface area contributed by atoms with Gasteiger partial charge in [0, 0.05) is 30.0 Å². The number of amides is 1. The van der Waals surface area contributed by atoms with E-state index in [9.17, 15) is 19.7 Å². The van der Waals surface area contributed by atoms with E-state index >= 15 is 0 Å². The topological polar surface area (TPSA) is 89.8 Å². The molecule has 0 bridgehead atoms. The van der Waals surface area contributed by atoms with Crippen molar-refractivity contribution in [2.24, 2.45) is 5.41 Å². The summed E-state index contributed by atoms with van der Waals surface area (Å²) in [6.45, 7) is 2.34. The molecule has 1 saturated carbocycles. The van der Waals surface area contributed by atoms with E-state index in [0.29, 0.717) is 24.9 Å². The van der Waals surface area contributed by atoms with Crippen LogP contribution in [0.5, 0.6) is 0 Å². The lowest BCUT2D eigenvalue weighted by molar-refractivity contribution is -0.385. The Balaban J connectivity index is 2.19. The van der Waals surface area contributed by atoms with Gasteiger partial charge in [-0.05, 0) is 12.8 Å². The van der Waals surface area contributed by atoms with E-state index in [1.807, 2.05) is 13.0 Å². The van der Waals surface area contributed by atoms with Crippen molar-refractivity contribution in [2.75, 3.05) is 13.7 Å². The molecule has 3 rings (SSSR count). The normalized spacial score (nSPS) is 27.8. The quantitative estimate of drug-likeness (QED) is 0.469. The molecule has 26 heavy (non-hydrogen) atoms. The van der Waals surface area contributed by atoms with E-state index in [4.69, 9.17) is 4.74 Å². The van der Waals surface area contributed by atoms with Gasteiger partial charge >= 0.3 is 6.09 Å². The van der Waals surface area contributed by atoms with E-state index in [2.05, 4.69) is 6.08 Å². The number of hydrogen-bond acceptors (Lipinski definition) is 5. The van der Waals surface area contributed by atoms with Gasteiger partial charge in [-0.2, -0.15) is 0 Å². The highest BCUT2D eigenvalue weighted by Gasteiger charge is 2.53. The van der Waals surface area contributed by atoms with E-state index < -0.39 is 28.4 Å². The number of nitro benzene ring substituents is 1. The molecule has 0 radical (unpaired) electrons. The van der Waals surface area contributed by atoms with Gasteiger partial charge in [0.1, 0.15) is 5.78 Å². The number of nitrogens with zero attached hydrogens (tertiary/aromatic N) is 2. The number of hydrogen-bond donors (Lipinski definition) is 0. The molecule has 0 N–H and O–H groups in total. The number of ketones is 1. The molecule has 0 aromatic heterocycles. The SMILES string of the molecule is CC[C@@]12C=CCN(C(=O)OC)[C@@H]1C(c1ccccc1[N+](=O)[O-])C(=O)CC2. The second-order valence-corrected chi connectivity index (χ2v) is 6.82. The van der Waals surface area contributed by atoms with Crippen molar-refractivity contribution in [3.8, 4) is 0 Å². The summed E-state index contributed by atoms with van der Waals surface area (Å²) >= 11 is 0. The lowest BCUT2D eigenvalue weighted by Crippen LogP contribution is -2.58. The molecule has 1 fully saturated rings. The first kappa shape index (κ1) is 18.1. The molecule has 138 valence electrons. The largest absolute Gasteiger partial charge is 0.453 e. The Labute approximate surface area is 151 Å².